The molecule has 29 heavy (non-hydrogen) atoms. The van der Waals surface area contributed by atoms with Crippen LogP contribution in [0, 0.1) is 0 Å². The number of aliphatic carboxylic acids is 2. The molecule has 0 fully saturated rings. The minimum Gasteiger partial charge on any atom is -0.480 e. The fraction of sp³-hybridized carbons (Fsp3) is 0.647. The topological polar surface area (TPSA) is 219 Å². The predicted molar refractivity (Wildman–Crippen MR) is 99.1 cm³/mol. The van der Waals surface area contributed by atoms with E-state index in [1.165, 1.54) is 0 Å². The van der Waals surface area contributed by atoms with E-state index in [0.29, 0.717) is 19.3 Å². The lowest BCUT2D eigenvalue weighted by molar-refractivity contribution is -0.142. The molecule has 0 heterocycles. The maximum atomic E-state index is 11.8. The number of unbranched alkanes of at least 4 members (excludes halogenated alkanes) is 2. The first-order chi connectivity index (χ1) is 13.5. The van der Waals surface area contributed by atoms with Crippen LogP contribution >= 0.6 is 0 Å². The Morgan fingerprint density at radius 3 is 1.24 bits per heavy atom. The number of hydrogen-bond donors (Lipinski definition) is 6. The molecule has 0 bridgehead atoms. The summed E-state index contributed by atoms with van der Waals surface area (Å²) >= 11 is 0. The van der Waals surface area contributed by atoms with E-state index in [4.69, 9.17) is 21.7 Å². The van der Waals surface area contributed by atoms with Gasteiger partial charge in [0, 0.05) is 25.7 Å². The molecule has 2 atom stereocenters. The molecule has 0 aromatic carbocycles. The number of nitrogens with one attached hydrogen (secondary N) is 2. The average Bonchev–Trinajstić information content (AvgIpc) is 2.60. The summed E-state index contributed by atoms with van der Waals surface area (Å²) in [7, 11) is 0. The zero-order valence-corrected chi connectivity index (χ0v) is 16.0. The van der Waals surface area contributed by atoms with Crippen molar-refractivity contribution in [1.29, 1.82) is 0 Å². The number of rotatable bonds is 16. The summed E-state index contributed by atoms with van der Waals surface area (Å²) in [4.78, 5) is 67.1. The minimum atomic E-state index is -1.26. The van der Waals surface area contributed by atoms with Gasteiger partial charge in [-0.05, 0) is 25.7 Å². The van der Waals surface area contributed by atoms with Crippen molar-refractivity contribution in [2.24, 2.45) is 11.5 Å². The van der Waals surface area contributed by atoms with Crippen molar-refractivity contribution in [3.05, 3.63) is 0 Å². The molecule has 0 aliphatic carbocycles. The van der Waals surface area contributed by atoms with Gasteiger partial charge in [-0.25, -0.2) is 9.59 Å². The number of primary amides is 2. The summed E-state index contributed by atoms with van der Waals surface area (Å²) in [5, 5.41) is 22.6. The van der Waals surface area contributed by atoms with E-state index < -0.39 is 47.7 Å². The smallest absolute Gasteiger partial charge is 0.326 e. The second kappa shape index (κ2) is 13.9. The van der Waals surface area contributed by atoms with Gasteiger partial charge in [-0.1, -0.05) is 6.42 Å². The van der Waals surface area contributed by atoms with Crippen molar-refractivity contribution in [2.45, 2.75) is 69.9 Å². The van der Waals surface area contributed by atoms with Crippen molar-refractivity contribution in [3.63, 3.8) is 0 Å². The van der Waals surface area contributed by atoms with Gasteiger partial charge in [-0.3, -0.25) is 19.2 Å². The lowest BCUT2D eigenvalue weighted by atomic mass is 10.1. The Bertz CT molecular complexity index is 571. The number of hydrogen-bond acceptors (Lipinski definition) is 6. The van der Waals surface area contributed by atoms with Gasteiger partial charge >= 0.3 is 11.9 Å². The zero-order chi connectivity index (χ0) is 22.4. The quantitative estimate of drug-likeness (QED) is 0.164. The highest BCUT2D eigenvalue weighted by atomic mass is 16.4. The Labute approximate surface area is 167 Å². The first-order valence-electron chi connectivity index (χ1n) is 9.13. The van der Waals surface area contributed by atoms with E-state index in [9.17, 15) is 28.8 Å². The molecule has 0 saturated heterocycles. The van der Waals surface area contributed by atoms with Gasteiger partial charge in [0.25, 0.3) is 0 Å². The normalized spacial score (nSPS) is 12.4. The van der Waals surface area contributed by atoms with E-state index in [2.05, 4.69) is 10.6 Å². The van der Waals surface area contributed by atoms with Gasteiger partial charge in [0.15, 0.2) is 0 Å². The molecule has 0 radical (unpaired) electrons. The molecule has 0 spiro atoms. The van der Waals surface area contributed by atoms with Crippen LogP contribution in [-0.2, 0) is 28.8 Å². The van der Waals surface area contributed by atoms with Crippen molar-refractivity contribution in [2.75, 3.05) is 0 Å². The summed E-state index contributed by atoms with van der Waals surface area (Å²) in [6.45, 7) is 0. The SMILES string of the molecule is NC(=O)CCC(NC(=O)CCCCCC(=O)NC(CCC(N)=O)C(=O)O)C(=O)O. The van der Waals surface area contributed by atoms with Gasteiger partial charge in [0.05, 0.1) is 0 Å². The number of carboxylic acids is 2. The highest BCUT2D eigenvalue weighted by Crippen LogP contribution is 2.06. The van der Waals surface area contributed by atoms with Crippen LogP contribution in [0.1, 0.15) is 57.8 Å². The standard InChI is InChI=1S/C17H28N4O8/c18-12(22)8-6-10(16(26)27)20-14(24)4-2-1-3-5-15(25)21-11(17(28)29)7-9-13(19)23/h10-11H,1-9H2,(H2,18,22)(H2,19,23)(H,20,24)(H,21,25)(H,26,27)(H,28,29). The van der Waals surface area contributed by atoms with E-state index in [1.807, 2.05) is 0 Å². The van der Waals surface area contributed by atoms with Crippen molar-refractivity contribution in [3.8, 4) is 0 Å². The molecule has 164 valence electrons. The lowest BCUT2D eigenvalue weighted by Crippen LogP contribution is -2.41. The molecule has 8 N–H and O–H groups in total. The molecule has 0 rings (SSSR count). The van der Waals surface area contributed by atoms with E-state index in [0.717, 1.165) is 0 Å². The third-order valence-electron chi connectivity index (χ3n) is 3.93. The summed E-state index contributed by atoms with van der Waals surface area (Å²) < 4.78 is 0. The number of nitrogens with two attached hydrogens (primary N) is 2. The van der Waals surface area contributed by atoms with E-state index >= 15 is 0 Å². The van der Waals surface area contributed by atoms with Crippen LogP contribution < -0.4 is 22.1 Å². The van der Waals surface area contributed by atoms with Crippen LogP contribution in [0.2, 0.25) is 0 Å². The molecular formula is C17H28N4O8. The van der Waals surface area contributed by atoms with Gasteiger partial charge in [0.1, 0.15) is 12.1 Å². The molecule has 4 amide bonds. The van der Waals surface area contributed by atoms with Crippen LogP contribution in [-0.4, -0.2) is 57.9 Å². The van der Waals surface area contributed by atoms with E-state index in [-0.39, 0.29) is 38.5 Å². The monoisotopic (exact) mass is 416 g/mol. The third-order valence-corrected chi connectivity index (χ3v) is 3.93. The Morgan fingerprint density at radius 2 is 0.966 bits per heavy atom. The van der Waals surface area contributed by atoms with Gasteiger partial charge in [-0.2, -0.15) is 0 Å². The summed E-state index contributed by atoms with van der Waals surface area (Å²) in [6, 6.07) is -2.40. The third kappa shape index (κ3) is 13.6. The van der Waals surface area contributed by atoms with Crippen LogP contribution in [0.15, 0.2) is 0 Å². The fourth-order valence-electron chi connectivity index (χ4n) is 2.37. The lowest BCUT2D eigenvalue weighted by Gasteiger charge is -2.14. The summed E-state index contributed by atoms with van der Waals surface area (Å²) in [5.74, 6) is -4.85. The second-order valence-corrected chi connectivity index (χ2v) is 6.49. The number of carboxylic acid groups (broad SMARTS) is 2. The van der Waals surface area contributed by atoms with Gasteiger partial charge in [0.2, 0.25) is 23.6 Å². The zero-order valence-electron chi connectivity index (χ0n) is 16.0. The van der Waals surface area contributed by atoms with E-state index in [1.54, 1.807) is 0 Å². The highest BCUT2D eigenvalue weighted by Gasteiger charge is 2.21. The maximum absolute atomic E-state index is 11.8. The van der Waals surface area contributed by atoms with Crippen molar-refractivity contribution in [1.82, 2.24) is 10.6 Å². The fourth-order valence-corrected chi connectivity index (χ4v) is 2.37. The minimum absolute atomic E-state index is 0.0400. The molecule has 12 heteroatoms. The molecule has 0 aliphatic rings. The number of carbonyl (C=O) groups is 6. The predicted octanol–water partition coefficient (Wildman–Crippen LogP) is -1.39. The van der Waals surface area contributed by atoms with Crippen LogP contribution in [0.5, 0.6) is 0 Å². The molecule has 0 aromatic rings. The van der Waals surface area contributed by atoms with Crippen molar-refractivity contribution >= 4 is 35.6 Å². The Balaban J connectivity index is 4.11. The highest BCUT2D eigenvalue weighted by molar-refractivity contribution is 5.85. The first kappa shape index (κ1) is 25.8. The Kier molecular flexibility index (Phi) is 12.4. The average molecular weight is 416 g/mol. The van der Waals surface area contributed by atoms with Crippen LogP contribution in [0.4, 0.5) is 0 Å². The van der Waals surface area contributed by atoms with Gasteiger partial charge in [-0.15, -0.1) is 0 Å². The first-order valence-corrected chi connectivity index (χ1v) is 9.13. The molecule has 0 aromatic heterocycles. The van der Waals surface area contributed by atoms with Gasteiger partial charge < -0.3 is 32.3 Å². The second-order valence-electron chi connectivity index (χ2n) is 6.49. The summed E-state index contributed by atoms with van der Waals surface area (Å²) in [5.41, 5.74) is 9.91. The summed E-state index contributed by atoms with van der Waals surface area (Å²) in [6.07, 6.45) is 0.826. The number of amides is 4. The molecule has 0 saturated carbocycles. The molecule has 12 nitrogen and oxygen atoms in total. The maximum Gasteiger partial charge on any atom is 0.326 e. The molecule has 2 unspecified atom stereocenters. The largest absolute Gasteiger partial charge is 0.480 e. The Hall–Kier alpha value is -3.18. The van der Waals surface area contributed by atoms with Crippen LogP contribution in [0.25, 0.3) is 0 Å². The van der Waals surface area contributed by atoms with Crippen molar-refractivity contribution < 1.29 is 39.0 Å². The Morgan fingerprint density at radius 1 is 0.621 bits per heavy atom. The van der Waals surface area contributed by atoms with Crippen LogP contribution in [0.3, 0.4) is 0 Å². The molecule has 0 aliphatic heterocycles. The molecular weight excluding hydrogens is 388 g/mol. The number of carbonyl (C=O) groups excluding carboxylic acids is 4.